The van der Waals surface area contributed by atoms with Crippen LogP contribution in [-0.2, 0) is 4.79 Å². The molecule has 0 radical (unpaired) electrons. The van der Waals surface area contributed by atoms with Crippen molar-refractivity contribution in [2.24, 2.45) is 0 Å². The van der Waals surface area contributed by atoms with Gasteiger partial charge in [-0.15, -0.1) is 0 Å². The number of hydrogen-bond donors (Lipinski definition) is 0. The van der Waals surface area contributed by atoms with Crippen molar-refractivity contribution < 1.29 is 4.79 Å². The van der Waals surface area contributed by atoms with Crippen molar-refractivity contribution in [2.45, 2.75) is 6.92 Å². The van der Waals surface area contributed by atoms with Gasteiger partial charge in [0.2, 0.25) is 0 Å². The molecule has 0 rings (SSSR count). The van der Waals surface area contributed by atoms with E-state index in [2.05, 4.69) is 6.58 Å². The molecule has 0 atom stereocenters. The summed E-state index contributed by atoms with van der Waals surface area (Å²) in [5, 5.41) is 0. The molecule has 0 saturated carbocycles. The van der Waals surface area contributed by atoms with Gasteiger partial charge in [-0.2, -0.15) is 0 Å². The van der Waals surface area contributed by atoms with Gasteiger partial charge in [-0.3, -0.25) is 0 Å². The maximum atomic E-state index is 10.1. The number of hydrogen-bond acceptors (Lipinski definition) is 1. The van der Waals surface area contributed by atoms with E-state index in [0.29, 0.717) is 5.57 Å². The van der Waals surface area contributed by atoms with Crippen molar-refractivity contribution in [3.8, 4) is 0 Å². The molecule has 0 bridgehead atoms. The molecule has 2 heteroatoms. The fourth-order valence-corrected chi connectivity index (χ4v) is 0. The molecule has 0 aliphatic rings. The van der Waals surface area contributed by atoms with E-state index in [1.165, 1.54) is 22.3 Å². The third-order valence-electron chi connectivity index (χ3n) is 0.365. The number of allylic oxidation sites excluding steroid dienone is 1. The Kier molecular flexibility index (Phi) is 2.47. The Morgan fingerprint density at radius 1 is 1.83 bits per heavy atom. The van der Waals surface area contributed by atoms with Crippen LogP contribution in [0, 0.1) is 0 Å². The molecule has 1 nitrogen and oxygen atoms in total. The Labute approximate surface area is 50.3 Å². The van der Waals surface area contributed by atoms with E-state index < -0.39 is 0 Å². The first kappa shape index (κ1) is 6.20. The first-order valence-corrected chi connectivity index (χ1v) is 2.81. The van der Waals surface area contributed by atoms with Gasteiger partial charge >= 0.3 is 50.0 Å². The molecule has 34 valence electrons. The van der Waals surface area contributed by atoms with Crippen LogP contribution in [0.15, 0.2) is 12.2 Å². The molecule has 0 aliphatic heterocycles. The number of carbonyl (C=O) groups excluding carboxylic acids is 1. The zero-order chi connectivity index (χ0) is 5.15. The number of rotatable bonds is 1. The normalized spacial score (nSPS) is 7.67. The summed E-state index contributed by atoms with van der Waals surface area (Å²) in [5.74, 6) is 0. The molecule has 0 amide bonds. The fourth-order valence-electron chi connectivity index (χ4n) is 0. The summed E-state index contributed by atoms with van der Waals surface area (Å²) in [4.78, 5) is 10.1. The summed E-state index contributed by atoms with van der Waals surface area (Å²) in [6, 6.07) is 0. The molecule has 0 aliphatic carbocycles. The molecular formula is C4H6OTe. The molecule has 0 fully saturated rings. The maximum absolute atomic E-state index is 10.1. The molecule has 0 heterocycles. The van der Waals surface area contributed by atoms with Crippen LogP contribution in [0.1, 0.15) is 6.92 Å². The van der Waals surface area contributed by atoms with Gasteiger partial charge in [-0.05, 0) is 0 Å². The molecule has 0 N–H and O–H groups in total. The van der Waals surface area contributed by atoms with Crippen LogP contribution in [0.25, 0.3) is 0 Å². The topological polar surface area (TPSA) is 17.1 Å². The summed E-state index contributed by atoms with van der Waals surface area (Å²) >= 11 is 1.18. The summed E-state index contributed by atoms with van der Waals surface area (Å²) < 4.78 is 0.115. The standard InChI is InChI=1S/C4H6OTe/c1-3(2)4(5)6/h1H2,2H3,(H,5,6). The average Bonchev–Trinajstić information content (AvgIpc) is 1.36. The van der Waals surface area contributed by atoms with E-state index >= 15 is 0 Å². The van der Waals surface area contributed by atoms with Crippen molar-refractivity contribution in [3.05, 3.63) is 12.2 Å². The Hall–Kier alpha value is 0.200. The molecule has 0 unspecified atom stereocenters. The third-order valence-corrected chi connectivity index (χ3v) is 1.45. The van der Waals surface area contributed by atoms with Crippen LogP contribution < -0.4 is 0 Å². The second kappa shape index (κ2) is 2.39. The quantitative estimate of drug-likeness (QED) is 0.427. The van der Waals surface area contributed by atoms with Crippen molar-refractivity contribution in [3.63, 3.8) is 0 Å². The van der Waals surface area contributed by atoms with E-state index in [1.807, 2.05) is 0 Å². The van der Waals surface area contributed by atoms with E-state index in [-0.39, 0.29) is 3.83 Å². The van der Waals surface area contributed by atoms with Crippen molar-refractivity contribution in [1.29, 1.82) is 0 Å². The van der Waals surface area contributed by atoms with Gasteiger partial charge < -0.3 is 0 Å². The van der Waals surface area contributed by atoms with Gasteiger partial charge in [0.05, 0.1) is 0 Å². The summed E-state index contributed by atoms with van der Waals surface area (Å²) in [5.41, 5.74) is 0.643. The van der Waals surface area contributed by atoms with Crippen LogP contribution in [0.3, 0.4) is 0 Å². The molecule has 0 aromatic rings. The Balaban J connectivity index is 3.57. The number of carbonyl (C=O) groups is 1. The van der Waals surface area contributed by atoms with Crippen LogP contribution >= 0.6 is 0 Å². The molecule has 0 spiro atoms. The Morgan fingerprint density at radius 3 is 2.00 bits per heavy atom. The Bertz CT molecular complexity index is 73.5. The van der Waals surface area contributed by atoms with Crippen molar-refractivity contribution in [1.82, 2.24) is 0 Å². The minimum atomic E-state index is 0.115. The average molecular weight is 198 g/mol. The van der Waals surface area contributed by atoms with E-state index in [0.717, 1.165) is 0 Å². The van der Waals surface area contributed by atoms with Crippen LogP contribution in [0.5, 0.6) is 0 Å². The summed E-state index contributed by atoms with van der Waals surface area (Å²) in [7, 11) is 0. The van der Waals surface area contributed by atoms with Crippen LogP contribution in [0.4, 0.5) is 0 Å². The van der Waals surface area contributed by atoms with Gasteiger partial charge in [-0.25, -0.2) is 0 Å². The van der Waals surface area contributed by atoms with Crippen LogP contribution in [-0.4, -0.2) is 26.1 Å². The predicted octanol–water partition coefficient (Wildman–Crippen LogP) is -0.0101. The second-order valence-electron chi connectivity index (χ2n) is 1.09. The van der Waals surface area contributed by atoms with Gasteiger partial charge in [0.25, 0.3) is 0 Å². The van der Waals surface area contributed by atoms with Crippen LogP contribution in [0.2, 0.25) is 0 Å². The minimum absolute atomic E-state index is 0.115. The predicted molar refractivity (Wildman–Crippen MR) is 27.0 cm³/mol. The molecule has 6 heavy (non-hydrogen) atoms. The molecule has 0 aromatic heterocycles. The monoisotopic (exact) mass is 200 g/mol. The van der Waals surface area contributed by atoms with Crippen molar-refractivity contribution >= 4 is 26.1 Å². The summed E-state index contributed by atoms with van der Waals surface area (Å²) in [6.07, 6.45) is 0. The van der Waals surface area contributed by atoms with Gasteiger partial charge in [0, 0.05) is 0 Å². The molecule has 0 aromatic carbocycles. The molecule has 0 saturated heterocycles. The first-order chi connectivity index (χ1) is 2.64. The van der Waals surface area contributed by atoms with Crippen molar-refractivity contribution in [2.75, 3.05) is 0 Å². The van der Waals surface area contributed by atoms with E-state index in [4.69, 9.17) is 0 Å². The van der Waals surface area contributed by atoms with Gasteiger partial charge in [-0.1, -0.05) is 0 Å². The fraction of sp³-hybridized carbons (Fsp3) is 0.250. The third kappa shape index (κ3) is 2.44. The first-order valence-electron chi connectivity index (χ1n) is 1.53. The SMILES string of the molecule is C=C(C)C(=O)[TeH]. The zero-order valence-corrected chi connectivity index (χ0v) is 6.12. The van der Waals surface area contributed by atoms with Gasteiger partial charge in [0.1, 0.15) is 0 Å². The molecular weight excluding hydrogens is 192 g/mol. The second-order valence-corrected chi connectivity index (χ2v) is 2.24. The Morgan fingerprint density at radius 2 is 2.00 bits per heavy atom. The zero-order valence-electron chi connectivity index (χ0n) is 3.56. The van der Waals surface area contributed by atoms with Gasteiger partial charge in [0.15, 0.2) is 0 Å². The van der Waals surface area contributed by atoms with E-state index in [1.54, 1.807) is 6.92 Å². The van der Waals surface area contributed by atoms with E-state index in [9.17, 15) is 4.79 Å². The summed E-state index contributed by atoms with van der Waals surface area (Å²) in [6.45, 7) is 5.13.